The number of benzene rings is 3. The lowest BCUT2D eigenvalue weighted by Crippen LogP contribution is -2.15. The summed E-state index contributed by atoms with van der Waals surface area (Å²) in [4.78, 5) is 25.0. The molecule has 0 bridgehead atoms. The van der Waals surface area contributed by atoms with Gasteiger partial charge in [0.25, 0.3) is 11.8 Å². The van der Waals surface area contributed by atoms with Crippen molar-refractivity contribution in [2.45, 2.75) is 0 Å². The van der Waals surface area contributed by atoms with Crippen molar-refractivity contribution in [2.75, 3.05) is 10.6 Å². The molecule has 0 heterocycles. The third-order valence-electron chi connectivity index (χ3n) is 3.76. The fourth-order valence-electron chi connectivity index (χ4n) is 2.49. The SMILES string of the molecule is O=C(Nc1cccc(NC(=O)c2c(Cl)cccc2Cl)c1)c1c(Cl)cccc1Cl. The molecule has 28 heavy (non-hydrogen) atoms. The Morgan fingerprint density at radius 1 is 0.571 bits per heavy atom. The number of anilines is 2. The van der Waals surface area contributed by atoms with Crippen molar-refractivity contribution in [3.63, 3.8) is 0 Å². The first-order chi connectivity index (χ1) is 13.4. The molecule has 0 unspecified atom stereocenters. The van der Waals surface area contributed by atoms with Crippen LogP contribution < -0.4 is 10.6 Å². The Balaban J connectivity index is 1.79. The largest absolute Gasteiger partial charge is 0.322 e. The quantitative estimate of drug-likeness (QED) is 0.456. The van der Waals surface area contributed by atoms with E-state index in [1.165, 1.54) is 0 Å². The van der Waals surface area contributed by atoms with Crippen molar-refractivity contribution in [3.8, 4) is 0 Å². The average molecular weight is 454 g/mol. The van der Waals surface area contributed by atoms with Crippen molar-refractivity contribution in [1.82, 2.24) is 0 Å². The van der Waals surface area contributed by atoms with Crippen LogP contribution in [0.4, 0.5) is 11.4 Å². The highest BCUT2D eigenvalue weighted by Gasteiger charge is 2.16. The van der Waals surface area contributed by atoms with Gasteiger partial charge in [0.15, 0.2) is 0 Å². The highest BCUT2D eigenvalue weighted by Crippen LogP contribution is 2.27. The Bertz CT molecular complexity index is 949. The number of hydrogen-bond donors (Lipinski definition) is 2. The van der Waals surface area contributed by atoms with Gasteiger partial charge in [-0.3, -0.25) is 9.59 Å². The number of carbonyl (C=O) groups excluding carboxylic acids is 2. The Morgan fingerprint density at radius 3 is 1.25 bits per heavy atom. The molecule has 8 heteroatoms. The normalized spacial score (nSPS) is 10.4. The van der Waals surface area contributed by atoms with E-state index in [0.717, 1.165) is 0 Å². The van der Waals surface area contributed by atoms with Crippen LogP contribution in [0.5, 0.6) is 0 Å². The van der Waals surface area contributed by atoms with E-state index in [0.29, 0.717) is 11.4 Å². The van der Waals surface area contributed by atoms with Crippen LogP contribution in [-0.2, 0) is 0 Å². The van der Waals surface area contributed by atoms with Gasteiger partial charge in [-0.1, -0.05) is 64.6 Å². The van der Waals surface area contributed by atoms with Gasteiger partial charge in [0, 0.05) is 11.4 Å². The minimum Gasteiger partial charge on any atom is -0.322 e. The molecule has 2 N–H and O–H groups in total. The van der Waals surface area contributed by atoms with Gasteiger partial charge in [-0.25, -0.2) is 0 Å². The number of carbonyl (C=O) groups is 2. The van der Waals surface area contributed by atoms with E-state index >= 15 is 0 Å². The van der Waals surface area contributed by atoms with Crippen molar-refractivity contribution < 1.29 is 9.59 Å². The summed E-state index contributed by atoms with van der Waals surface area (Å²) in [6.07, 6.45) is 0. The topological polar surface area (TPSA) is 58.2 Å². The molecule has 0 spiro atoms. The molecule has 0 saturated heterocycles. The van der Waals surface area contributed by atoms with Crippen LogP contribution in [-0.4, -0.2) is 11.8 Å². The maximum Gasteiger partial charge on any atom is 0.258 e. The minimum atomic E-state index is -0.465. The van der Waals surface area contributed by atoms with Crippen LogP contribution in [0.3, 0.4) is 0 Å². The zero-order chi connectivity index (χ0) is 20.3. The number of halogens is 4. The molecule has 3 aromatic rings. The minimum absolute atomic E-state index is 0.170. The van der Waals surface area contributed by atoms with Crippen LogP contribution >= 0.6 is 46.4 Å². The lowest BCUT2D eigenvalue weighted by molar-refractivity contribution is 0.101. The fraction of sp³-hybridized carbons (Fsp3) is 0. The molecule has 0 radical (unpaired) electrons. The van der Waals surface area contributed by atoms with Gasteiger partial charge < -0.3 is 10.6 Å². The average Bonchev–Trinajstić information content (AvgIpc) is 2.61. The summed E-state index contributed by atoms with van der Waals surface area (Å²) in [6.45, 7) is 0. The molecule has 0 fully saturated rings. The third-order valence-corrected chi connectivity index (χ3v) is 5.02. The molecular formula is C20H12Cl4N2O2. The van der Waals surface area contributed by atoms with E-state index in [-0.39, 0.29) is 31.2 Å². The standard InChI is InChI=1S/C20H12Cl4N2O2/c21-13-6-2-7-14(22)17(13)19(27)25-11-4-1-5-12(10-11)26-20(28)18-15(23)8-3-9-16(18)24/h1-10H,(H,25,27)(H,26,28). The second-order valence-electron chi connectivity index (χ2n) is 5.68. The number of amides is 2. The molecule has 0 atom stereocenters. The van der Waals surface area contributed by atoms with Gasteiger partial charge in [-0.05, 0) is 42.5 Å². The van der Waals surface area contributed by atoms with E-state index in [4.69, 9.17) is 46.4 Å². The molecule has 4 nitrogen and oxygen atoms in total. The summed E-state index contributed by atoms with van der Waals surface area (Å²) in [5.41, 5.74) is 1.24. The van der Waals surface area contributed by atoms with E-state index in [1.807, 2.05) is 0 Å². The smallest absolute Gasteiger partial charge is 0.258 e. The van der Waals surface area contributed by atoms with Crippen LogP contribution in [0.25, 0.3) is 0 Å². The fourth-order valence-corrected chi connectivity index (χ4v) is 3.63. The molecule has 142 valence electrons. The van der Waals surface area contributed by atoms with Crippen LogP contribution in [0.1, 0.15) is 20.7 Å². The van der Waals surface area contributed by atoms with Crippen LogP contribution in [0, 0.1) is 0 Å². The maximum absolute atomic E-state index is 12.5. The zero-order valence-corrected chi connectivity index (χ0v) is 17.1. The predicted octanol–water partition coefficient (Wildman–Crippen LogP) is 6.80. The molecule has 0 saturated carbocycles. The number of rotatable bonds is 4. The van der Waals surface area contributed by atoms with E-state index < -0.39 is 11.8 Å². The number of hydrogen-bond acceptors (Lipinski definition) is 2. The lowest BCUT2D eigenvalue weighted by Gasteiger charge is -2.11. The maximum atomic E-state index is 12.5. The summed E-state index contributed by atoms with van der Waals surface area (Å²) < 4.78 is 0. The Kier molecular flexibility index (Phi) is 6.47. The predicted molar refractivity (Wildman–Crippen MR) is 115 cm³/mol. The van der Waals surface area contributed by atoms with Crippen LogP contribution in [0.15, 0.2) is 60.7 Å². The van der Waals surface area contributed by atoms with Gasteiger partial charge >= 0.3 is 0 Å². The summed E-state index contributed by atoms with van der Waals surface area (Å²) in [5, 5.41) is 6.36. The van der Waals surface area contributed by atoms with Crippen molar-refractivity contribution in [1.29, 1.82) is 0 Å². The molecular weight excluding hydrogens is 442 g/mol. The second-order valence-corrected chi connectivity index (χ2v) is 7.31. The van der Waals surface area contributed by atoms with Crippen molar-refractivity contribution in [2.24, 2.45) is 0 Å². The van der Waals surface area contributed by atoms with E-state index in [1.54, 1.807) is 60.7 Å². The summed E-state index contributed by atoms with van der Waals surface area (Å²) >= 11 is 24.2. The van der Waals surface area contributed by atoms with E-state index in [9.17, 15) is 9.59 Å². The highest BCUT2D eigenvalue weighted by atomic mass is 35.5. The first-order valence-corrected chi connectivity index (χ1v) is 9.49. The summed E-state index contributed by atoms with van der Waals surface area (Å²) in [5.74, 6) is -0.929. The molecule has 2 amide bonds. The van der Waals surface area contributed by atoms with Gasteiger partial charge in [0.2, 0.25) is 0 Å². The first kappa shape index (κ1) is 20.5. The molecule has 0 aliphatic heterocycles. The summed E-state index contributed by atoms with van der Waals surface area (Å²) in [7, 11) is 0. The highest BCUT2D eigenvalue weighted by molar-refractivity contribution is 6.41. The van der Waals surface area contributed by atoms with Gasteiger partial charge in [0.1, 0.15) is 0 Å². The van der Waals surface area contributed by atoms with Crippen LogP contribution in [0.2, 0.25) is 20.1 Å². The Labute approximate surface area is 181 Å². The number of nitrogens with one attached hydrogen (secondary N) is 2. The third kappa shape index (κ3) is 4.59. The molecule has 3 aromatic carbocycles. The van der Waals surface area contributed by atoms with Crippen molar-refractivity contribution in [3.05, 3.63) is 91.9 Å². The van der Waals surface area contributed by atoms with Gasteiger partial charge in [0.05, 0.1) is 31.2 Å². The van der Waals surface area contributed by atoms with Gasteiger partial charge in [-0.2, -0.15) is 0 Å². The molecule has 0 aliphatic carbocycles. The zero-order valence-electron chi connectivity index (χ0n) is 14.1. The van der Waals surface area contributed by atoms with E-state index in [2.05, 4.69) is 10.6 Å². The molecule has 3 rings (SSSR count). The molecule has 0 aliphatic rings. The molecule has 0 aromatic heterocycles. The summed E-state index contributed by atoms with van der Waals surface area (Å²) in [6, 6.07) is 16.2. The van der Waals surface area contributed by atoms with Crippen molar-refractivity contribution >= 4 is 69.6 Å². The lowest BCUT2D eigenvalue weighted by atomic mass is 10.2. The monoisotopic (exact) mass is 452 g/mol. The first-order valence-electron chi connectivity index (χ1n) is 7.97. The Morgan fingerprint density at radius 2 is 0.893 bits per heavy atom. The Hall–Kier alpha value is -2.24. The van der Waals surface area contributed by atoms with Gasteiger partial charge in [-0.15, -0.1) is 0 Å². The second kappa shape index (κ2) is 8.84.